The van der Waals surface area contributed by atoms with Crippen molar-refractivity contribution in [2.75, 3.05) is 0 Å². The van der Waals surface area contributed by atoms with Crippen molar-refractivity contribution in [1.29, 1.82) is 0 Å². The fraction of sp³-hybridized carbons (Fsp3) is 0.125. The molecule has 0 atom stereocenters. The molecule has 0 saturated carbocycles. The molecule has 0 radical (unpaired) electrons. The van der Waals surface area contributed by atoms with Crippen molar-refractivity contribution in [2.24, 2.45) is 7.05 Å². The van der Waals surface area contributed by atoms with Gasteiger partial charge in [-0.2, -0.15) is 0 Å². The standard InChI is InChI=1S/C16H12Cl3N3S/c1-22-15(11-4-7-13(18)14(19)8-11)20-21-16(22)23-9-10-2-5-12(17)6-3-10/h2-8H,9H2,1H3. The van der Waals surface area contributed by atoms with Gasteiger partial charge in [0.05, 0.1) is 10.0 Å². The molecule has 0 amide bonds. The molecule has 23 heavy (non-hydrogen) atoms. The Morgan fingerprint density at radius 1 is 0.957 bits per heavy atom. The van der Waals surface area contributed by atoms with Gasteiger partial charge in [0, 0.05) is 23.4 Å². The van der Waals surface area contributed by atoms with Gasteiger partial charge >= 0.3 is 0 Å². The Bertz CT molecular complexity index is 831. The second kappa shape index (κ2) is 7.14. The SMILES string of the molecule is Cn1c(SCc2ccc(Cl)cc2)nnc1-c1ccc(Cl)c(Cl)c1. The minimum atomic E-state index is 0.502. The topological polar surface area (TPSA) is 30.7 Å². The average molecular weight is 385 g/mol. The summed E-state index contributed by atoms with van der Waals surface area (Å²) < 4.78 is 1.94. The molecule has 118 valence electrons. The van der Waals surface area contributed by atoms with Gasteiger partial charge in [0.2, 0.25) is 0 Å². The number of halogens is 3. The molecule has 0 unspecified atom stereocenters. The molecule has 7 heteroatoms. The van der Waals surface area contributed by atoms with E-state index < -0.39 is 0 Å². The van der Waals surface area contributed by atoms with Crippen molar-refractivity contribution < 1.29 is 0 Å². The Hall–Kier alpha value is -1.20. The highest BCUT2D eigenvalue weighted by Crippen LogP contribution is 2.29. The van der Waals surface area contributed by atoms with Crippen LogP contribution < -0.4 is 0 Å². The molecule has 0 N–H and O–H groups in total. The zero-order valence-electron chi connectivity index (χ0n) is 12.1. The predicted octanol–water partition coefficient (Wildman–Crippen LogP) is 5.73. The first kappa shape index (κ1) is 16.7. The van der Waals surface area contributed by atoms with Crippen molar-refractivity contribution in [3.05, 3.63) is 63.1 Å². The normalized spacial score (nSPS) is 11.0. The van der Waals surface area contributed by atoms with E-state index in [0.29, 0.717) is 10.0 Å². The molecule has 0 aliphatic rings. The highest BCUT2D eigenvalue weighted by molar-refractivity contribution is 7.98. The summed E-state index contributed by atoms with van der Waals surface area (Å²) in [4.78, 5) is 0. The maximum Gasteiger partial charge on any atom is 0.191 e. The lowest BCUT2D eigenvalue weighted by Gasteiger charge is -2.05. The molecule has 0 spiro atoms. The fourth-order valence-electron chi connectivity index (χ4n) is 2.06. The number of hydrogen-bond acceptors (Lipinski definition) is 3. The van der Waals surface area contributed by atoms with Gasteiger partial charge in [-0.3, -0.25) is 0 Å². The van der Waals surface area contributed by atoms with Gasteiger partial charge < -0.3 is 4.57 Å². The number of benzene rings is 2. The van der Waals surface area contributed by atoms with E-state index in [1.54, 1.807) is 23.9 Å². The summed E-state index contributed by atoms with van der Waals surface area (Å²) in [5.41, 5.74) is 2.06. The van der Waals surface area contributed by atoms with Crippen molar-refractivity contribution in [1.82, 2.24) is 14.8 Å². The maximum atomic E-state index is 6.07. The molecule has 2 aromatic carbocycles. The van der Waals surface area contributed by atoms with Gasteiger partial charge in [0.25, 0.3) is 0 Å². The molecule has 3 rings (SSSR count). The fourth-order valence-corrected chi connectivity index (χ4v) is 3.35. The Labute approximate surface area is 153 Å². The van der Waals surface area contributed by atoms with E-state index in [0.717, 1.165) is 27.3 Å². The molecule has 3 aromatic rings. The number of aromatic nitrogens is 3. The van der Waals surface area contributed by atoms with E-state index in [9.17, 15) is 0 Å². The van der Waals surface area contributed by atoms with E-state index in [4.69, 9.17) is 34.8 Å². The molecule has 1 heterocycles. The van der Waals surface area contributed by atoms with Crippen molar-refractivity contribution in [2.45, 2.75) is 10.9 Å². The molecule has 0 bridgehead atoms. The molecule has 0 aliphatic heterocycles. The lowest BCUT2D eigenvalue weighted by atomic mass is 10.2. The van der Waals surface area contributed by atoms with Gasteiger partial charge in [0.1, 0.15) is 0 Å². The summed E-state index contributed by atoms with van der Waals surface area (Å²) >= 11 is 19.5. The molecule has 1 aromatic heterocycles. The van der Waals surface area contributed by atoms with Crippen LogP contribution in [0.4, 0.5) is 0 Å². The maximum absolute atomic E-state index is 6.07. The van der Waals surface area contributed by atoms with Crippen molar-refractivity contribution in [3.8, 4) is 11.4 Å². The van der Waals surface area contributed by atoms with Crippen LogP contribution in [0.15, 0.2) is 47.6 Å². The third kappa shape index (κ3) is 3.83. The Morgan fingerprint density at radius 2 is 1.70 bits per heavy atom. The van der Waals surface area contributed by atoms with Crippen LogP contribution in [0.25, 0.3) is 11.4 Å². The van der Waals surface area contributed by atoms with Crippen molar-refractivity contribution >= 4 is 46.6 Å². The summed E-state index contributed by atoms with van der Waals surface area (Å²) in [6, 6.07) is 13.2. The Morgan fingerprint density at radius 3 is 2.39 bits per heavy atom. The quantitative estimate of drug-likeness (QED) is 0.538. The zero-order chi connectivity index (χ0) is 16.4. The van der Waals surface area contributed by atoms with Gasteiger partial charge in [-0.25, -0.2) is 0 Å². The summed E-state index contributed by atoms with van der Waals surface area (Å²) in [5.74, 6) is 1.55. The first-order valence-corrected chi connectivity index (χ1v) is 8.88. The van der Waals surface area contributed by atoms with Crippen LogP contribution in [0, 0.1) is 0 Å². The van der Waals surface area contributed by atoms with Crippen LogP contribution in [0.5, 0.6) is 0 Å². The Balaban J connectivity index is 1.78. The lowest BCUT2D eigenvalue weighted by Crippen LogP contribution is -1.95. The molecular weight excluding hydrogens is 373 g/mol. The number of rotatable bonds is 4. The van der Waals surface area contributed by atoms with Crippen LogP contribution in [-0.4, -0.2) is 14.8 Å². The highest BCUT2D eigenvalue weighted by atomic mass is 35.5. The Kier molecular flexibility index (Phi) is 5.17. The minimum absolute atomic E-state index is 0.502. The second-order valence-electron chi connectivity index (χ2n) is 4.91. The first-order chi connectivity index (χ1) is 11.0. The molecular formula is C16H12Cl3N3S. The molecule has 3 nitrogen and oxygen atoms in total. The predicted molar refractivity (Wildman–Crippen MR) is 97.5 cm³/mol. The smallest absolute Gasteiger partial charge is 0.191 e. The first-order valence-electron chi connectivity index (χ1n) is 6.76. The van der Waals surface area contributed by atoms with Crippen LogP contribution in [0.2, 0.25) is 15.1 Å². The number of hydrogen-bond donors (Lipinski definition) is 0. The van der Waals surface area contributed by atoms with E-state index in [1.165, 1.54) is 5.56 Å². The number of thioether (sulfide) groups is 1. The zero-order valence-corrected chi connectivity index (χ0v) is 15.2. The van der Waals surface area contributed by atoms with Gasteiger partial charge in [-0.15, -0.1) is 10.2 Å². The van der Waals surface area contributed by atoms with E-state index in [1.807, 2.05) is 41.9 Å². The second-order valence-corrected chi connectivity index (χ2v) is 7.10. The number of nitrogens with zero attached hydrogens (tertiary/aromatic N) is 3. The largest absolute Gasteiger partial charge is 0.305 e. The summed E-state index contributed by atoms with van der Waals surface area (Å²) in [6.07, 6.45) is 0. The molecule has 0 aliphatic carbocycles. The minimum Gasteiger partial charge on any atom is -0.305 e. The van der Waals surface area contributed by atoms with Gasteiger partial charge in [0.15, 0.2) is 11.0 Å². The van der Waals surface area contributed by atoms with E-state index in [-0.39, 0.29) is 0 Å². The monoisotopic (exact) mass is 383 g/mol. The van der Waals surface area contributed by atoms with Gasteiger partial charge in [-0.05, 0) is 35.9 Å². The summed E-state index contributed by atoms with van der Waals surface area (Å²) in [5, 5.41) is 11.1. The third-order valence-electron chi connectivity index (χ3n) is 3.29. The summed E-state index contributed by atoms with van der Waals surface area (Å²) in [6.45, 7) is 0. The van der Waals surface area contributed by atoms with Crippen LogP contribution in [0.1, 0.15) is 5.56 Å². The summed E-state index contributed by atoms with van der Waals surface area (Å²) in [7, 11) is 1.93. The van der Waals surface area contributed by atoms with E-state index >= 15 is 0 Å². The van der Waals surface area contributed by atoms with Crippen LogP contribution in [-0.2, 0) is 12.8 Å². The average Bonchev–Trinajstić information content (AvgIpc) is 2.90. The van der Waals surface area contributed by atoms with Crippen molar-refractivity contribution in [3.63, 3.8) is 0 Å². The van der Waals surface area contributed by atoms with Crippen LogP contribution in [0.3, 0.4) is 0 Å². The van der Waals surface area contributed by atoms with Crippen LogP contribution >= 0.6 is 46.6 Å². The molecule has 0 fully saturated rings. The molecule has 0 saturated heterocycles. The highest BCUT2D eigenvalue weighted by Gasteiger charge is 2.12. The lowest BCUT2D eigenvalue weighted by molar-refractivity contribution is 0.794. The van der Waals surface area contributed by atoms with Gasteiger partial charge in [-0.1, -0.05) is 58.7 Å². The van der Waals surface area contributed by atoms with E-state index in [2.05, 4.69) is 10.2 Å². The third-order valence-corrected chi connectivity index (χ3v) is 5.38.